The molecule has 3 N–H and O–H groups in total. The number of ether oxygens (including phenoxy) is 1. The first-order valence-electron chi connectivity index (χ1n) is 5.16. The zero-order chi connectivity index (χ0) is 12.9. The number of methoxy groups -OCH3 is 1. The number of hydrogen-bond donors (Lipinski definition) is 2. The van der Waals surface area contributed by atoms with Crippen LogP contribution in [0.5, 0.6) is 5.75 Å². The summed E-state index contributed by atoms with van der Waals surface area (Å²) in [6.07, 6.45) is -4.87. The molecule has 96 valence electrons. The molecule has 0 aliphatic heterocycles. The maximum atomic E-state index is 11.9. The Morgan fingerprint density at radius 2 is 2.00 bits per heavy atom. The number of alkyl halides is 3. The van der Waals surface area contributed by atoms with Crippen LogP contribution in [0.1, 0.15) is 12.8 Å². The number of halogens is 3. The van der Waals surface area contributed by atoms with E-state index >= 15 is 0 Å². The van der Waals surface area contributed by atoms with Crippen LogP contribution in [0.4, 0.5) is 24.5 Å². The Labute approximate surface area is 97.8 Å². The minimum absolute atomic E-state index is 0.0284. The standard InChI is InChI=1S/C11H15F3N2O/c1-17-10-6-8(15)5-9(7-10)16-4-2-3-11(12,13)14/h5-7,16H,2-4,15H2,1H3. The van der Waals surface area contributed by atoms with Gasteiger partial charge >= 0.3 is 6.18 Å². The molecule has 0 aromatic heterocycles. The lowest BCUT2D eigenvalue weighted by Crippen LogP contribution is -2.11. The summed E-state index contributed by atoms with van der Waals surface area (Å²) in [5.74, 6) is 0.573. The van der Waals surface area contributed by atoms with Crippen molar-refractivity contribution in [3.8, 4) is 5.75 Å². The van der Waals surface area contributed by atoms with Crippen molar-refractivity contribution in [2.45, 2.75) is 19.0 Å². The molecule has 0 bridgehead atoms. The molecule has 1 rings (SSSR count). The molecule has 0 saturated heterocycles. The molecule has 1 aromatic rings. The lowest BCUT2D eigenvalue weighted by molar-refractivity contribution is -0.134. The molecule has 3 nitrogen and oxygen atoms in total. The van der Waals surface area contributed by atoms with E-state index in [1.54, 1.807) is 18.2 Å². The largest absolute Gasteiger partial charge is 0.497 e. The summed E-state index contributed by atoms with van der Waals surface area (Å²) in [6, 6.07) is 4.97. The number of nitrogens with one attached hydrogen (secondary N) is 1. The second kappa shape index (κ2) is 5.65. The maximum Gasteiger partial charge on any atom is 0.389 e. The monoisotopic (exact) mass is 248 g/mol. The van der Waals surface area contributed by atoms with E-state index < -0.39 is 12.6 Å². The van der Waals surface area contributed by atoms with Gasteiger partial charge in [0.2, 0.25) is 0 Å². The molecule has 1 aromatic carbocycles. The van der Waals surface area contributed by atoms with Gasteiger partial charge in [0, 0.05) is 36.5 Å². The van der Waals surface area contributed by atoms with E-state index in [4.69, 9.17) is 10.5 Å². The molecule has 0 spiro atoms. The van der Waals surface area contributed by atoms with Crippen LogP contribution < -0.4 is 15.8 Å². The number of nitrogens with two attached hydrogens (primary N) is 1. The SMILES string of the molecule is COc1cc(N)cc(NCCCC(F)(F)F)c1. The molecular weight excluding hydrogens is 233 g/mol. The van der Waals surface area contributed by atoms with Crippen LogP contribution >= 0.6 is 0 Å². The first-order chi connectivity index (χ1) is 7.90. The fourth-order valence-electron chi connectivity index (χ4n) is 1.36. The predicted octanol–water partition coefficient (Wildman–Crippen LogP) is 3.03. The van der Waals surface area contributed by atoms with Gasteiger partial charge in [-0.05, 0) is 12.5 Å². The molecule has 0 saturated carbocycles. The Hall–Kier alpha value is -1.59. The minimum atomic E-state index is -4.10. The van der Waals surface area contributed by atoms with Gasteiger partial charge in [-0.15, -0.1) is 0 Å². The Morgan fingerprint density at radius 1 is 1.29 bits per heavy atom. The number of rotatable bonds is 5. The van der Waals surface area contributed by atoms with Gasteiger partial charge in [0.05, 0.1) is 7.11 Å². The van der Waals surface area contributed by atoms with Gasteiger partial charge in [0.1, 0.15) is 5.75 Å². The van der Waals surface area contributed by atoms with Crippen LogP contribution in [-0.2, 0) is 0 Å². The summed E-state index contributed by atoms with van der Waals surface area (Å²) < 4.78 is 40.7. The van der Waals surface area contributed by atoms with Crippen molar-refractivity contribution < 1.29 is 17.9 Å². The van der Waals surface area contributed by atoms with Crippen LogP contribution in [0, 0.1) is 0 Å². The highest BCUT2D eigenvalue weighted by Gasteiger charge is 2.25. The molecular formula is C11H15F3N2O. The molecule has 0 aliphatic carbocycles. The summed E-state index contributed by atoms with van der Waals surface area (Å²) in [5.41, 5.74) is 6.77. The fraction of sp³-hybridized carbons (Fsp3) is 0.455. The molecule has 0 unspecified atom stereocenters. The third-order valence-electron chi connectivity index (χ3n) is 2.13. The smallest absolute Gasteiger partial charge is 0.389 e. The molecule has 0 fully saturated rings. The molecule has 0 radical (unpaired) electrons. The van der Waals surface area contributed by atoms with Crippen LogP contribution in [-0.4, -0.2) is 19.8 Å². The average molecular weight is 248 g/mol. The van der Waals surface area contributed by atoms with Gasteiger partial charge in [-0.3, -0.25) is 0 Å². The van der Waals surface area contributed by atoms with Crippen LogP contribution in [0.25, 0.3) is 0 Å². The molecule has 17 heavy (non-hydrogen) atoms. The highest BCUT2D eigenvalue weighted by Crippen LogP contribution is 2.23. The summed E-state index contributed by atoms with van der Waals surface area (Å²) in [6.45, 7) is 0.242. The van der Waals surface area contributed by atoms with Crippen molar-refractivity contribution in [1.82, 2.24) is 0 Å². The van der Waals surface area contributed by atoms with Gasteiger partial charge < -0.3 is 15.8 Å². The van der Waals surface area contributed by atoms with Gasteiger partial charge in [-0.2, -0.15) is 13.2 Å². The minimum Gasteiger partial charge on any atom is -0.497 e. The first-order valence-corrected chi connectivity index (χ1v) is 5.16. The zero-order valence-corrected chi connectivity index (χ0v) is 9.47. The van der Waals surface area contributed by atoms with Crippen LogP contribution in [0.15, 0.2) is 18.2 Å². The molecule has 0 heterocycles. The number of nitrogen functional groups attached to an aromatic ring is 1. The average Bonchev–Trinajstić information content (AvgIpc) is 2.22. The van der Waals surface area contributed by atoms with Crippen molar-refractivity contribution in [3.05, 3.63) is 18.2 Å². The Bertz CT molecular complexity index is 366. The third-order valence-corrected chi connectivity index (χ3v) is 2.13. The zero-order valence-electron chi connectivity index (χ0n) is 9.47. The van der Waals surface area contributed by atoms with E-state index in [2.05, 4.69) is 5.32 Å². The lowest BCUT2D eigenvalue weighted by Gasteiger charge is -2.10. The van der Waals surface area contributed by atoms with Crippen molar-refractivity contribution in [1.29, 1.82) is 0 Å². The summed E-state index contributed by atoms with van der Waals surface area (Å²) >= 11 is 0. The highest BCUT2D eigenvalue weighted by molar-refractivity contribution is 5.59. The van der Waals surface area contributed by atoms with E-state index in [1.165, 1.54) is 7.11 Å². The third kappa shape index (κ3) is 5.33. The van der Waals surface area contributed by atoms with E-state index in [1.807, 2.05) is 0 Å². The van der Waals surface area contributed by atoms with Gasteiger partial charge in [0.25, 0.3) is 0 Å². The number of benzene rings is 1. The number of hydrogen-bond acceptors (Lipinski definition) is 3. The Kier molecular flexibility index (Phi) is 4.48. The second-order valence-corrected chi connectivity index (χ2v) is 3.64. The maximum absolute atomic E-state index is 11.9. The summed E-state index contributed by atoms with van der Waals surface area (Å²) in [5, 5.41) is 2.87. The van der Waals surface area contributed by atoms with Gasteiger partial charge in [-0.1, -0.05) is 0 Å². The van der Waals surface area contributed by atoms with Crippen molar-refractivity contribution >= 4 is 11.4 Å². The fourth-order valence-corrected chi connectivity index (χ4v) is 1.36. The van der Waals surface area contributed by atoms with Gasteiger partial charge in [-0.25, -0.2) is 0 Å². The normalized spacial score (nSPS) is 11.3. The van der Waals surface area contributed by atoms with E-state index in [9.17, 15) is 13.2 Å². The lowest BCUT2D eigenvalue weighted by atomic mass is 10.2. The van der Waals surface area contributed by atoms with Crippen LogP contribution in [0.3, 0.4) is 0 Å². The van der Waals surface area contributed by atoms with Crippen molar-refractivity contribution in [3.63, 3.8) is 0 Å². The van der Waals surface area contributed by atoms with E-state index in [-0.39, 0.29) is 13.0 Å². The predicted molar refractivity (Wildman–Crippen MR) is 61.2 cm³/mol. The number of anilines is 2. The van der Waals surface area contributed by atoms with Crippen LogP contribution in [0.2, 0.25) is 0 Å². The second-order valence-electron chi connectivity index (χ2n) is 3.64. The summed E-state index contributed by atoms with van der Waals surface area (Å²) in [4.78, 5) is 0. The van der Waals surface area contributed by atoms with E-state index in [0.717, 1.165) is 0 Å². The van der Waals surface area contributed by atoms with E-state index in [0.29, 0.717) is 17.1 Å². The highest BCUT2D eigenvalue weighted by atomic mass is 19.4. The Morgan fingerprint density at radius 3 is 2.59 bits per heavy atom. The molecule has 6 heteroatoms. The first kappa shape index (κ1) is 13.5. The molecule has 0 amide bonds. The molecule has 0 aliphatic rings. The topological polar surface area (TPSA) is 47.3 Å². The quantitative estimate of drug-likeness (QED) is 0.622. The van der Waals surface area contributed by atoms with Crippen molar-refractivity contribution in [2.24, 2.45) is 0 Å². The Balaban J connectivity index is 2.44. The molecule has 0 atom stereocenters. The van der Waals surface area contributed by atoms with Crippen molar-refractivity contribution in [2.75, 3.05) is 24.7 Å². The summed E-state index contributed by atoms with van der Waals surface area (Å²) in [7, 11) is 1.50. The van der Waals surface area contributed by atoms with Gasteiger partial charge in [0.15, 0.2) is 0 Å².